The number of carbonyl (C=O) groups is 2. The summed E-state index contributed by atoms with van der Waals surface area (Å²) in [6.07, 6.45) is 4.13. The Bertz CT molecular complexity index is 1500. The first-order chi connectivity index (χ1) is 21.1. The van der Waals surface area contributed by atoms with Crippen LogP contribution in [0.15, 0.2) is 54.7 Å². The molecule has 3 aliphatic rings. The van der Waals surface area contributed by atoms with Crippen LogP contribution in [0.1, 0.15) is 37.4 Å². The van der Waals surface area contributed by atoms with Crippen LogP contribution in [0.25, 0.3) is 0 Å². The zero-order valence-corrected chi connectivity index (χ0v) is 26.6. The van der Waals surface area contributed by atoms with Gasteiger partial charge in [-0.15, -0.1) is 5.10 Å². The van der Waals surface area contributed by atoms with E-state index in [0.717, 1.165) is 25.1 Å². The Morgan fingerprint density at radius 3 is 2.73 bits per heavy atom. The quantitative estimate of drug-likeness (QED) is 0.268. The van der Waals surface area contributed by atoms with E-state index in [1.54, 1.807) is 9.58 Å². The van der Waals surface area contributed by atoms with Gasteiger partial charge in [-0.05, 0) is 69.2 Å². The summed E-state index contributed by atoms with van der Waals surface area (Å²) in [6.45, 7) is 7.88. The van der Waals surface area contributed by atoms with Crippen LogP contribution in [0.2, 0.25) is 18.6 Å². The molecule has 12 heteroatoms. The average Bonchev–Trinajstić information content (AvgIpc) is 3.66. The van der Waals surface area contributed by atoms with Gasteiger partial charge in [0.05, 0.1) is 23.4 Å². The fourth-order valence-corrected chi connectivity index (χ4v) is 10.0. The third-order valence-corrected chi connectivity index (χ3v) is 11.9. The molecule has 6 rings (SSSR count). The molecule has 44 heavy (non-hydrogen) atoms. The molecule has 0 saturated carbocycles. The topological polar surface area (TPSA) is 142 Å². The lowest BCUT2D eigenvalue weighted by molar-refractivity contribution is -0.145. The number of aryl methyl sites for hydroxylation is 1. The predicted octanol–water partition coefficient (Wildman–Crippen LogP) is 3.32. The number of ether oxygens (including phenoxy) is 1. The number of amides is 2. The Morgan fingerprint density at radius 1 is 1.23 bits per heavy atom. The number of piperidine rings is 1. The van der Waals surface area contributed by atoms with E-state index in [4.69, 9.17) is 4.74 Å². The molecule has 2 aromatic carbocycles. The summed E-state index contributed by atoms with van der Waals surface area (Å²) < 4.78 is 8.69. The zero-order chi connectivity index (χ0) is 31.1. The van der Waals surface area contributed by atoms with Crippen molar-refractivity contribution in [1.29, 1.82) is 0 Å². The fraction of sp³-hybridized carbons (Fsp3) is 0.500. The van der Waals surface area contributed by atoms with Gasteiger partial charge in [0.2, 0.25) is 5.91 Å². The van der Waals surface area contributed by atoms with E-state index in [9.17, 15) is 19.5 Å². The Labute approximate surface area is 258 Å². The van der Waals surface area contributed by atoms with E-state index in [-0.39, 0.29) is 35.8 Å². The first-order valence-corrected chi connectivity index (χ1v) is 18.6. The number of aromatic nitrogens is 3. The molecule has 0 aliphatic carbocycles. The summed E-state index contributed by atoms with van der Waals surface area (Å²) >= 11 is 0. The monoisotopic (exact) mass is 618 g/mol. The number of para-hydroxylation sites is 1. The van der Waals surface area contributed by atoms with Crippen LogP contribution in [0.4, 0.5) is 17.1 Å². The number of fused-ring (bicyclic) bond motifs is 2. The maximum atomic E-state index is 14.7. The normalized spacial score (nSPS) is 26.8. The van der Waals surface area contributed by atoms with Gasteiger partial charge in [0.1, 0.15) is 0 Å². The number of hydrogen-bond acceptors (Lipinski definition) is 8. The number of nitrogens with one attached hydrogen (secondary N) is 2. The Morgan fingerprint density at radius 2 is 2.02 bits per heavy atom. The highest BCUT2D eigenvalue weighted by atomic mass is 28.4. The van der Waals surface area contributed by atoms with E-state index >= 15 is 0 Å². The van der Waals surface area contributed by atoms with Crippen LogP contribution in [0, 0.1) is 11.8 Å². The van der Waals surface area contributed by atoms with Crippen molar-refractivity contribution in [2.45, 2.75) is 69.5 Å². The van der Waals surface area contributed by atoms with Crippen molar-refractivity contribution in [3.05, 3.63) is 66.0 Å². The molecule has 2 fully saturated rings. The molecule has 2 saturated heterocycles. The van der Waals surface area contributed by atoms with E-state index in [2.05, 4.69) is 20.9 Å². The lowest BCUT2D eigenvalue weighted by atomic mass is 9.82. The van der Waals surface area contributed by atoms with E-state index in [1.807, 2.05) is 74.7 Å². The van der Waals surface area contributed by atoms with Crippen molar-refractivity contribution in [3.63, 3.8) is 0 Å². The molecule has 3 aliphatic heterocycles. The lowest BCUT2D eigenvalue weighted by Gasteiger charge is -2.32. The second kappa shape index (κ2) is 12.2. The van der Waals surface area contributed by atoms with Gasteiger partial charge >= 0.3 is 0 Å². The number of carbonyl (C=O) groups excluding carboxylic acids is 2. The van der Waals surface area contributed by atoms with Crippen molar-refractivity contribution in [3.8, 4) is 0 Å². The molecule has 0 bridgehead atoms. The van der Waals surface area contributed by atoms with Gasteiger partial charge in [0, 0.05) is 60.7 Å². The van der Waals surface area contributed by atoms with Gasteiger partial charge < -0.3 is 25.3 Å². The number of anilines is 3. The van der Waals surface area contributed by atoms with Crippen molar-refractivity contribution < 1.29 is 24.2 Å². The molecule has 11 nitrogen and oxygen atoms in total. The minimum atomic E-state index is -2.85. The third-order valence-electron chi connectivity index (χ3n) is 9.44. The summed E-state index contributed by atoms with van der Waals surface area (Å²) in [5.74, 6) is -0.681. The van der Waals surface area contributed by atoms with Gasteiger partial charge in [-0.3, -0.25) is 19.2 Å². The van der Waals surface area contributed by atoms with Crippen LogP contribution < -0.4 is 15.5 Å². The van der Waals surface area contributed by atoms with Crippen molar-refractivity contribution in [2.24, 2.45) is 11.8 Å². The number of hydrogen-bond donors (Lipinski definition) is 4. The molecule has 2 amide bonds. The first kappa shape index (κ1) is 30.6. The highest BCUT2D eigenvalue weighted by Crippen LogP contribution is 2.61. The molecule has 4 heterocycles. The smallest absolute Gasteiger partial charge is 0.268 e. The minimum Gasteiger partial charge on any atom is -0.432 e. The molecular formula is C32H42N6O5Si. The SMILES string of the molecule is C[C@@H]1[C@@H]([Si](C)(C)O)[C@H](CCn2cc(CCO)nn2)O[C@@]12C(=O)N(c1ccccc1)c1ccc(NC(=O)C3CCCNC3)cc12. The maximum absolute atomic E-state index is 14.7. The molecule has 234 valence electrons. The Hall–Kier alpha value is -3.42. The van der Waals surface area contributed by atoms with Crippen LogP contribution in [-0.2, 0) is 32.9 Å². The van der Waals surface area contributed by atoms with Crippen molar-refractivity contribution >= 4 is 37.2 Å². The summed E-state index contributed by atoms with van der Waals surface area (Å²) in [6, 6.07) is 15.2. The van der Waals surface area contributed by atoms with Crippen LogP contribution in [0.5, 0.6) is 0 Å². The van der Waals surface area contributed by atoms with Crippen LogP contribution >= 0.6 is 0 Å². The van der Waals surface area contributed by atoms with Crippen molar-refractivity contribution in [1.82, 2.24) is 20.3 Å². The van der Waals surface area contributed by atoms with E-state index in [0.29, 0.717) is 48.6 Å². The molecule has 1 aromatic heterocycles. The number of nitrogens with zero attached hydrogens (tertiary/aromatic N) is 4. The molecule has 1 unspecified atom stereocenters. The van der Waals surface area contributed by atoms with Gasteiger partial charge in [-0.2, -0.15) is 0 Å². The standard InChI is InChI=1S/C32H42N6O5Si/c1-21-29(44(2,3)42)28(13-16-37-20-24(14-17-39)35-36-37)43-32(21)26-18-23(34-30(40)22-8-7-15-33-19-22)11-12-27(26)38(31(32)41)25-9-5-4-6-10-25/h4-6,9-12,18,20-22,28-29,33,39,42H,7-8,13-17,19H2,1-3H3,(H,34,40)/t21-,22?,28+,29-,32+/m1/s1. The molecule has 4 N–H and O–H groups in total. The Kier molecular flexibility index (Phi) is 8.46. The van der Waals surface area contributed by atoms with Gasteiger partial charge in [-0.25, -0.2) is 0 Å². The van der Waals surface area contributed by atoms with Crippen molar-refractivity contribution in [2.75, 3.05) is 29.9 Å². The maximum Gasteiger partial charge on any atom is 0.268 e. The summed E-state index contributed by atoms with van der Waals surface area (Å²) in [5, 5.41) is 24.0. The number of rotatable bonds is 9. The molecule has 5 atom stereocenters. The van der Waals surface area contributed by atoms with Crippen LogP contribution in [0.3, 0.4) is 0 Å². The lowest BCUT2D eigenvalue weighted by Crippen LogP contribution is -2.45. The van der Waals surface area contributed by atoms with Gasteiger partial charge in [-0.1, -0.05) is 30.3 Å². The second-order valence-electron chi connectivity index (χ2n) is 12.8. The Balaban J connectivity index is 1.38. The molecule has 0 radical (unpaired) electrons. The number of aliphatic hydroxyl groups excluding tert-OH is 1. The zero-order valence-electron chi connectivity index (χ0n) is 25.6. The minimum absolute atomic E-state index is 0.00371. The first-order valence-electron chi connectivity index (χ1n) is 15.6. The number of aliphatic hydroxyl groups is 1. The van der Waals surface area contributed by atoms with Gasteiger partial charge in [0.15, 0.2) is 13.9 Å². The molecule has 1 spiro atoms. The predicted molar refractivity (Wildman–Crippen MR) is 169 cm³/mol. The highest BCUT2D eigenvalue weighted by Gasteiger charge is 2.66. The second-order valence-corrected chi connectivity index (χ2v) is 16.8. The summed E-state index contributed by atoms with van der Waals surface area (Å²) in [4.78, 5) is 41.2. The number of benzene rings is 2. The largest absolute Gasteiger partial charge is 0.432 e. The van der Waals surface area contributed by atoms with Gasteiger partial charge in [0.25, 0.3) is 5.91 Å². The van der Waals surface area contributed by atoms with E-state index in [1.165, 1.54) is 0 Å². The van der Waals surface area contributed by atoms with Crippen LogP contribution in [-0.4, -0.2) is 70.8 Å². The average molecular weight is 619 g/mol. The highest BCUT2D eigenvalue weighted by molar-refractivity contribution is 6.71. The summed E-state index contributed by atoms with van der Waals surface area (Å²) in [7, 11) is -2.85. The molecule has 3 aromatic rings. The molecular weight excluding hydrogens is 576 g/mol. The third kappa shape index (κ3) is 5.49. The summed E-state index contributed by atoms with van der Waals surface area (Å²) in [5.41, 5.74) is 1.89. The van der Waals surface area contributed by atoms with E-state index < -0.39 is 20.0 Å². The fourth-order valence-electron chi connectivity index (χ4n) is 7.44.